The van der Waals surface area contributed by atoms with Gasteiger partial charge in [-0.25, -0.2) is 9.78 Å². The Balaban J connectivity index is 2.95. The number of carbonyl (C=O) groups is 1. The molecule has 7 nitrogen and oxygen atoms in total. The maximum atomic E-state index is 10.8. The molecule has 2 heterocycles. The number of urea groups is 1. The van der Waals surface area contributed by atoms with E-state index in [0.717, 1.165) is 0 Å². The Labute approximate surface area is 64.8 Å². The summed E-state index contributed by atoms with van der Waals surface area (Å²) in [6.45, 7) is 0. The van der Waals surface area contributed by atoms with Crippen molar-refractivity contribution in [3.8, 4) is 11.9 Å². The number of nitrogens with zero attached hydrogens (tertiary/aromatic N) is 4. The topological polar surface area (TPSA) is 114 Å². The van der Waals surface area contributed by atoms with Crippen LogP contribution < -0.4 is 21.1 Å². The van der Waals surface area contributed by atoms with E-state index < -0.39 is 17.9 Å². The standard InChI is InChI=1S/C5H2N4O3/c10-3-1-2(7-4(11)6-1)8-5(12)9-3/h(H2,7,8,9,10,11,12)/p-2. The van der Waals surface area contributed by atoms with Gasteiger partial charge in [0.25, 0.3) is 0 Å². The molecule has 1 aromatic rings. The van der Waals surface area contributed by atoms with Gasteiger partial charge in [-0.1, -0.05) is 0 Å². The van der Waals surface area contributed by atoms with Crippen LogP contribution in [0.5, 0.6) is 11.9 Å². The lowest BCUT2D eigenvalue weighted by molar-refractivity contribution is -0.298. The quantitative estimate of drug-likeness (QED) is 0.405. The number of amides is 2. The maximum absolute atomic E-state index is 10.8. The number of aromatic nitrogens is 2. The molecule has 0 atom stereocenters. The van der Waals surface area contributed by atoms with E-state index in [9.17, 15) is 15.0 Å². The lowest BCUT2D eigenvalue weighted by Gasteiger charge is -2.06. The Morgan fingerprint density at radius 2 is 1.83 bits per heavy atom. The molecular formula is C5N4O3-2. The highest BCUT2D eigenvalue weighted by Crippen LogP contribution is 1.93. The number of fused-ring (bicyclic) bond motifs is 1. The zero-order valence-electron chi connectivity index (χ0n) is 5.51. The third-order valence-electron chi connectivity index (χ3n) is 1.22. The summed E-state index contributed by atoms with van der Waals surface area (Å²) in [6.07, 6.45) is 0. The third kappa shape index (κ3) is 0.797. The van der Waals surface area contributed by atoms with Crippen molar-refractivity contribution < 1.29 is 15.0 Å². The Morgan fingerprint density at radius 1 is 1.08 bits per heavy atom. The molecule has 0 aromatic carbocycles. The van der Waals surface area contributed by atoms with Crippen molar-refractivity contribution >= 4 is 6.03 Å². The van der Waals surface area contributed by atoms with E-state index in [1.165, 1.54) is 0 Å². The summed E-state index contributed by atoms with van der Waals surface area (Å²) in [5, 5.41) is 21.1. The Morgan fingerprint density at radius 3 is 2.58 bits per heavy atom. The molecule has 0 bridgehead atoms. The molecule has 2 rings (SSSR count). The van der Waals surface area contributed by atoms with Crippen LogP contribution >= 0.6 is 0 Å². The van der Waals surface area contributed by atoms with Crippen molar-refractivity contribution in [2.45, 2.75) is 0 Å². The fourth-order valence-corrected chi connectivity index (χ4v) is 0.791. The van der Waals surface area contributed by atoms with Gasteiger partial charge in [0, 0.05) is 5.88 Å². The van der Waals surface area contributed by atoms with Crippen LogP contribution in [0.3, 0.4) is 0 Å². The second-order valence-corrected chi connectivity index (χ2v) is 1.99. The van der Waals surface area contributed by atoms with Gasteiger partial charge < -0.3 is 10.2 Å². The molecule has 0 saturated carbocycles. The zero-order chi connectivity index (χ0) is 8.72. The number of hydrogen-bond acceptors (Lipinski definition) is 5. The molecule has 12 heavy (non-hydrogen) atoms. The van der Waals surface area contributed by atoms with Crippen LogP contribution in [0.2, 0.25) is 0 Å². The molecule has 0 N–H and O–H groups in total. The van der Waals surface area contributed by atoms with Gasteiger partial charge >= 0.3 is 6.03 Å². The van der Waals surface area contributed by atoms with Gasteiger partial charge in [0.05, 0.1) is 6.01 Å². The summed E-state index contributed by atoms with van der Waals surface area (Å²) in [7, 11) is 0. The van der Waals surface area contributed by atoms with E-state index in [1.807, 2.05) is 0 Å². The van der Waals surface area contributed by atoms with Crippen molar-refractivity contribution in [1.82, 2.24) is 9.97 Å². The summed E-state index contributed by atoms with van der Waals surface area (Å²) in [6, 6.07) is -1.78. The zero-order valence-corrected chi connectivity index (χ0v) is 5.51. The van der Waals surface area contributed by atoms with Crippen molar-refractivity contribution in [3.63, 3.8) is 0 Å². The maximum Gasteiger partial charge on any atom is 0.369 e. The molecular weight excluding hydrogens is 164 g/mol. The molecule has 0 fully saturated rings. The molecule has 0 radical (unpaired) electrons. The van der Waals surface area contributed by atoms with E-state index in [4.69, 9.17) is 0 Å². The molecule has 0 aliphatic carbocycles. The van der Waals surface area contributed by atoms with Gasteiger partial charge in [0.2, 0.25) is 0 Å². The Bertz CT molecular complexity index is 480. The highest BCUT2D eigenvalue weighted by atomic mass is 16.3. The van der Waals surface area contributed by atoms with E-state index in [0.29, 0.717) is 0 Å². The first-order valence-corrected chi connectivity index (χ1v) is 2.90. The van der Waals surface area contributed by atoms with Crippen LogP contribution in [0.1, 0.15) is 0 Å². The van der Waals surface area contributed by atoms with Crippen molar-refractivity contribution in [2.24, 2.45) is 9.98 Å². The summed E-state index contributed by atoms with van der Waals surface area (Å²) in [4.78, 5) is 23.1. The van der Waals surface area contributed by atoms with Crippen LogP contribution in [-0.2, 0) is 0 Å². The van der Waals surface area contributed by atoms with Gasteiger partial charge in [0.15, 0.2) is 5.49 Å². The largest absolute Gasteiger partial charge is 0.857 e. The molecule has 2 amide bonds. The van der Waals surface area contributed by atoms with Crippen molar-refractivity contribution in [1.29, 1.82) is 0 Å². The number of carbonyl (C=O) groups excluding carboxylic acids is 1. The fourth-order valence-electron chi connectivity index (χ4n) is 0.791. The minimum absolute atomic E-state index is 0.231. The lowest BCUT2D eigenvalue weighted by Crippen LogP contribution is -2.31. The number of rotatable bonds is 0. The van der Waals surface area contributed by atoms with Crippen LogP contribution in [0.4, 0.5) is 4.79 Å². The highest BCUT2D eigenvalue weighted by molar-refractivity contribution is 5.77. The van der Waals surface area contributed by atoms with E-state index in [2.05, 4.69) is 20.0 Å². The van der Waals surface area contributed by atoms with Gasteiger partial charge in [-0.2, -0.15) is 9.98 Å². The fraction of sp³-hybridized carbons (Fsp3) is 0. The average Bonchev–Trinajstić information content (AvgIpc) is 2.29. The van der Waals surface area contributed by atoms with Gasteiger partial charge in [-0.15, -0.1) is 0 Å². The van der Waals surface area contributed by atoms with Crippen molar-refractivity contribution in [2.75, 3.05) is 0 Å². The summed E-state index contributed by atoms with van der Waals surface area (Å²) in [5.74, 6) is -0.861. The van der Waals surface area contributed by atoms with E-state index in [-0.39, 0.29) is 10.8 Å². The molecule has 1 aliphatic rings. The summed E-state index contributed by atoms with van der Waals surface area (Å²) >= 11 is 0. The number of hydrogen-bond donors (Lipinski definition) is 0. The summed E-state index contributed by atoms with van der Waals surface area (Å²) < 4.78 is 0. The average molecular weight is 164 g/mol. The van der Waals surface area contributed by atoms with Gasteiger partial charge in [0.1, 0.15) is 5.36 Å². The van der Waals surface area contributed by atoms with Crippen LogP contribution in [0.15, 0.2) is 9.98 Å². The minimum atomic E-state index is -0.951. The Hall–Kier alpha value is -2.05. The first-order chi connectivity index (χ1) is 5.66. The monoisotopic (exact) mass is 164 g/mol. The molecule has 0 spiro atoms. The molecule has 1 aliphatic heterocycles. The summed E-state index contributed by atoms with van der Waals surface area (Å²) in [5.41, 5.74) is -0.231. The molecule has 7 heteroatoms. The smallest absolute Gasteiger partial charge is 0.369 e. The van der Waals surface area contributed by atoms with E-state index in [1.54, 1.807) is 0 Å². The third-order valence-corrected chi connectivity index (χ3v) is 1.22. The van der Waals surface area contributed by atoms with Crippen LogP contribution in [0, 0.1) is 0 Å². The first-order valence-electron chi connectivity index (χ1n) is 2.90. The minimum Gasteiger partial charge on any atom is -0.857 e. The molecule has 0 unspecified atom stereocenters. The van der Waals surface area contributed by atoms with Crippen molar-refractivity contribution in [3.05, 3.63) is 10.8 Å². The second-order valence-electron chi connectivity index (χ2n) is 1.99. The second kappa shape index (κ2) is 1.97. The predicted octanol–water partition coefficient (Wildman–Crippen LogP) is -3.00. The van der Waals surface area contributed by atoms with Gasteiger partial charge in [-0.3, -0.25) is 4.98 Å². The van der Waals surface area contributed by atoms with Crippen LogP contribution in [0.25, 0.3) is 0 Å². The van der Waals surface area contributed by atoms with E-state index >= 15 is 0 Å². The molecule has 60 valence electrons. The molecule has 0 saturated heterocycles. The lowest BCUT2D eigenvalue weighted by atomic mass is 10.6. The predicted molar refractivity (Wildman–Crippen MR) is 28.6 cm³/mol. The Kier molecular flexibility index (Phi) is 1.09. The normalized spacial score (nSPS) is 13.5. The SMILES string of the molecule is O=C1N=c2nc([O-])nc([O-])c2=N1. The first kappa shape index (κ1) is 6.65. The van der Waals surface area contributed by atoms with Crippen LogP contribution in [-0.4, -0.2) is 16.0 Å². The highest BCUT2D eigenvalue weighted by Gasteiger charge is 2.06. The molecule has 1 aromatic heterocycles. The van der Waals surface area contributed by atoms with Gasteiger partial charge in [-0.05, 0) is 0 Å².